The maximum absolute atomic E-state index is 12.3. The molecule has 1 amide bonds. The second-order valence-electron chi connectivity index (χ2n) is 5.83. The first kappa shape index (κ1) is 27.9. The molecule has 0 saturated heterocycles. The van der Waals surface area contributed by atoms with Crippen LogP contribution < -0.4 is 17.6 Å². The average Bonchev–Trinajstić information content (AvgIpc) is 3.10. The minimum atomic E-state index is -0.472. The van der Waals surface area contributed by atoms with Gasteiger partial charge in [0.1, 0.15) is 5.69 Å². The molecule has 0 aliphatic rings. The maximum atomic E-state index is 12.3. The Kier molecular flexibility index (Phi) is 13.0. The van der Waals surface area contributed by atoms with E-state index in [1.165, 1.54) is 4.68 Å². The molecule has 3 rings (SSSR count). The van der Waals surface area contributed by atoms with Gasteiger partial charge < -0.3 is 17.6 Å². The summed E-state index contributed by atoms with van der Waals surface area (Å²) in [5.41, 5.74) is 4.80. The van der Waals surface area contributed by atoms with Gasteiger partial charge in [-0.1, -0.05) is 18.2 Å². The van der Waals surface area contributed by atoms with Crippen LogP contribution in [0.1, 0.15) is 21.6 Å². The molecule has 0 bridgehead atoms. The van der Waals surface area contributed by atoms with Crippen molar-refractivity contribution >= 4 is 41.8 Å². The van der Waals surface area contributed by atoms with Crippen molar-refractivity contribution in [2.45, 2.75) is 13.8 Å². The summed E-state index contributed by atoms with van der Waals surface area (Å²) in [5.74, 6) is -0.197. The summed E-state index contributed by atoms with van der Waals surface area (Å²) in [7, 11) is 11.5. The van der Waals surface area contributed by atoms with E-state index in [2.05, 4.69) is 20.6 Å². The van der Waals surface area contributed by atoms with Gasteiger partial charge in [0, 0.05) is 18.9 Å². The SMILES string of the molecule is Cc1ccccc1N=Nc1ccc(NC(=O)c2ccnn2C)c(C)c1.N.N.[Cl][Pt+2][Cl]. The number of carbonyl (C=O) groups is 1. The van der Waals surface area contributed by atoms with Crippen molar-refractivity contribution in [2.75, 3.05) is 5.32 Å². The fourth-order valence-electron chi connectivity index (χ4n) is 2.42. The molecule has 1 heterocycles. The van der Waals surface area contributed by atoms with Crippen molar-refractivity contribution in [1.82, 2.24) is 22.1 Å². The summed E-state index contributed by atoms with van der Waals surface area (Å²) < 4.78 is 1.54. The Morgan fingerprint density at radius 2 is 1.70 bits per heavy atom. The van der Waals surface area contributed by atoms with Crippen molar-refractivity contribution in [1.29, 1.82) is 0 Å². The van der Waals surface area contributed by atoms with E-state index in [1.54, 1.807) is 19.3 Å². The van der Waals surface area contributed by atoms with Crippen LogP contribution in [0.5, 0.6) is 0 Å². The summed E-state index contributed by atoms with van der Waals surface area (Å²) in [5, 5.41) is 15.5. The zero-order chi connectivity index (χ0) is 20.5. The topological polar surface area (TPSA) is 142 Å². The molecule has 0 spiro atoms. The molecule has 0 saturated carbocycles. The molecule has 11 heteroatoms. The van der Waals surface area contributed by atoms with E-state index >= 15 is 0 Å². The molecule has 0 unspecified atom stereocenters. The summed E-state index contributed by atoms with van der Waals surface area (Å²) >= 11 is -0.472. The Morgan fingerprint density at radius 3 is 2.27 bits per heavy atom. The van der Waals surface area contributed by atoms with Gasteiger partial charge in [0.15, 0.2) is 0 Å². The number of nitrogens with zero attached hydrogens (tertiary/aromatic N) is 4. The van der Waals surface area contributed by atoms with Crippen LogP contribution in [0.15, 0.2) is 65.0 Å². The van der Waals surface area contributed by atoms with Crippen LogP contribution >= 0.6 is 18.8 Å². The van der Waals surface area contributed by atoms with E-state index < -0.39 is 16.5 Å². The number of rotatable bonds is 4. The first-order chi connectivity index (χ1) is 13.5. The second kappa shape index (κ2) is 14.0. The monoisotopic (exact) mass is 632 g/mol. The minimum absolute atomic E-state index is 0. The fourth-order valence-corrected chi connectivity index (χ4v) is 2.42. The normalized spacial score (nSPS) is 9.90. The molecule has 1 aromatic heterocycles. The predicted octanol–water partition coefficient (Wildman–Crippen LogP) is 6.41. The van der Waals surface area contributed by atoms with E-state index in [4.69, 9.17) is 18.8 Å². The van der Waals surface area contributed by atoms with Gasteiger partial charge in [0.05, 0.1) is 11.4 Å². The Morgan fingerprint density at radius 1 is 1.03 bits per heavy atom. The molecular formula is C19H25Cl2N7OPt+2. The third kappa shape index (κ3) is 7.97. The quantitative estimate of drug-likeness (QED) is 0.286. The summed E-state index contributed by atoms with van der Waals surface area (Å²) in [4.78, 5) is 12.3. The van der Waals surface area contributed by atoms with Crippen LogP contribution in [0, 0.1) is 13.8 Å². The van der Waals surface area contributed by atoms with E-state index in [-0.39, 0.29) is 18.2 Å². The molecule has 3 aromatic rings. The first-order valence-corrected chi connectivity index (χ1v) is 13.8. The summed E-state index contributed by atoms with van der Waals surface area (Å²) in [6.07, 6.45) is 1.59. The van der Waals surface area contributed by atoms with E-state index in [1.807, 2.05) is 56.3 Å². The van der Waals surface area contributed by atoms with Crippen LogP contribution in [0.4, 0.5) is 17.1 Å². The van der Waals surface area contributed by atoms with E-state index in [0.29, 0.717) is 5.69 Å². The van der Waals surface area contributed by atoms with Crippen LogP contribution in [0.25, 0.3) is 0 Å². The number of carbonyl (C=O) groups excluding carboxylic acids is 1. The van der Waals surface area contributed by atoms with Gasteiger partial charge in [-0.15, -0.1) is 0 Å². The Balaban J connectivity index is 0.00000159. The van der Waals surface area contributed by atoms with Crippen LogP contribution in [0.3, 0.4) is 0 Å². The zero-order valence-electron chi connectivity index (χ0n) is 16.9. The van der Waals surface area contributed by atoms with Gasteiger partial charge >= 0.3 is 35.3 Å². The molecule has 0 aliphatic heterocycles. The average molecular weight is 633 g/mol. The summed E-state index contributed by atoms with van der Waals surface area (Å²) in [6, 6.07) is 15.0. The van der Waals surface area contributed by atoms with E-state index in [9.17, 15) is 4.79 Å². The third-order valence-corrected chi connectivity index (χ3v) is 3.90. The van der Waals surface area contributed by atoms with Crippen LogP contribution in [-0.2, 0) is 23.5 Å². The fraction of sp³-hybridized carbons (Fsp3) is 0.158. The van der Waals surface area contributed by atoms with Gasteiger partial charge in [-0.05, 0) is 55.3 Å². The molecule has 2 aromatic carbocycles. The molecular weight excluding hydrogens is 608 g/mol. The van der Waals surface area contributed by atoms with Crippen LogP contribution in [0.2, 0.25) is 0 Å². The van der Waals surface area contributed by atoms with Gasteiger partial charge in [0.2, 0.25) is 0 Å². The van der Waals surface area contributed by atoms with Crippen molar-refractivity contribution < 1.29 is 21.3 Å². The predicted molar refractivity (Wildman–Crippen MR) is 119 cm³/mol. The van der Waals surface area contributed by atoms with Gasteiger partial charge in [-0.3, -0.25) is 9.48 Å². The van der Waals surface area contributed by atoms with Gasteiger partial charge in [-0.25, -0.2) is 0 Å². The van der Waals surface area contributed by atoms with Crippen molar-refractivity contribution in [3.05, 3.63) is 71.5 Å². The summed E-state index contributed by atoms with van der Waals surface area (Å²) in [6.45, 7) is 3.92. The second-order valence-corrected chi connectivity index (χ2v) is 9.11. The van der Waals surface area contributed by atoms with Gasteiger partial charge in [-0.2, -0.15) is 15.3 Å². The van der Waals surface area contributed by atoms with Crippen molar-refractivity contribution in [3.63, 3.8) is 0 Å². The molecule has 8 nitrogen and oxygen atoms in total. The first-order valence-electron chi connectivity index (χ1n) is 8.16. The number of benzene rings is 2. The standard InChI is InChI=1S/C19H19N5O.2ClH.2H3N.Pt/c1-13-6-4-5-7-17(13)23-22-15-8-9-16(14(2)12-15)21-19(25)18-10-11-20-24(18)3;;;;;/h4-12H,1-3H3,(H,21,25);2*1H;2*1H3;/q;;;;;+4/p-2. The molecule has 0 fully saturated rings. The Labute approximate surface area is 192 Å². The number of azo groups is 1. The molecule has 0 aliphatic carbocycles. The number of halogens is 2. The number of aryl methyl sites for hydroxylation is 3. The number of hydrogen-bond donors (Lipinski definition) is 3. The Hall–Kier alpha value is -2.09. The third-order valence-electron chi connectivity index (χ3n) is 3.90. The number of anilines is 1. The van der Waals surface area contributed by atoms with Crippen LogP contribution in [-0.4, -0.2) is 15.7 Å². The number of nitrogens with one attached hydrogen (secondary N) is 1. The molecule has 30 heavy (non-hydrogen) atoms. The number of amides is 1. The van der Waals surface area contributed by atoms with Crippen molar-refractivity contribution in [3.8, 4) is 0 Å². The van der Waals surface area contributed by atoms with E-state index in [0.717, 1.165) is 28.2 Å². The number of hydrogen-bond acceptors (Lipinski definition) is 6. The molecule has 0 radical (unpaired) electrons. The van der Waals surface area contributed by atoms with Crippen molar-refractivity contribution in [2.24, 2.45) is 17.3 Å². The Bertz CT molecular complexity index is 979. The molecule has 164 valence electrons. The number of aromatic nitrogens is 2. The van der Waals surface area contributed by atoms with Gasteiger partial charge in [0.25, 0.3) is 5.91 Å². The zero-order valence-corrected chi connectivity index (χ0v) is 20.7. The molecule has 0 atom stereocenters. The molecule has 7 N–H and O–H groups in total.